The minimum Gasteiger partial charge on any atom is -0.349 e. The molecule has 1 N–H and O–H groups in total. The highest BCUT2D eigenvalue weighted by molar-refractivity contribution is 9.09. The molecular formula is C9H10BrFN2O. The first-order chi connectivity index (χ1) is 6.65. The molecule has 1 aromatic heterocycles. The molecule has 0 aliphatic rings. The van der Waals surface area contributed by atoms with Crippen molar-refractivity contribution in [3.8, 4) is 0 Å². The van der Waals surface area contributed by atoms with Crippen molar-refractivity contribution in [2.24, 2.45) is 0 Å². The van der Waals surface area contributed by atoms with E-state index in [1.54, 1.807) is 0 Å². The summed E-state index contributed by atoms with van der Waals surface area (Å²) in [7, 11) is 0. The van der Waals surface area contributed by atoms with E-state index in [9.17, 15) is 9.18 Å². The lowest BCUT2D eigenvalue weighted by molar-refractivity contribution is 0.0939. The number of nitrogens with zero attached hydrogens (tertiary/aromatic N) is 1. The third-order valence-electron chi connectivity index (χ3n) is 1.63. The molecule has 0 radical (unpaired) electrons. The van der Waals surface area contributed by atoms with E-state index >= 15 is 0 Å². The number of alkyl halides is 1. The topological polar surface area (TPSA) is 42.0 Å². The standard InChI is InChI=1S/C9H10BrFN2O/c1-6(4-10)13-9(14)7-2-3-12-5-8(7)11/h2-3,5-6H,4H2,1H3,(H,13,14). The smallest absolute Gasteiger partial charge is 0.254 e. The number of carbonyl (C=O) groups excluding carboxylic acids is 1. The molecule has 0 aromatic carbocycles. The van der Waals surface area contributed by atoms with Crippen LogP contribution in [0.4, 0.5) is 4.39 Å². The molecule has 0 aliphatic heterocycles. The number of hydrogen-bond acceptors (Lipinski definition) is 2. The molecule has 3 nitrogen and oxygen atoms in total. The van der Waals surface area contributed by atoms with Crippen LogP contribution >= 0.6 is 15.9 Å². The van der Waals surface area contributed by atoms with Crippen molar-refractivity contribution in [1.29, 1.82) is 0 Å². The SMILES string of the molecule is CC(CBr)NC(=O)c1ccncc1F. The number of carbonyl (C=O) groups is 1. The van der Waals surface area contributed by atoms with Crippen molar-refractivity contribution in [2.75, 3.05) is 5.33 Å². The molecule has 0 spiro atoms. The summed E-state index contributed by atoms with van der Waals surface area (Å²) in [6.45, 7) is 1.83. The first-order valence-electron chi connectivity index (χ1n) is 4.11. The molecule has 0 bridgehead atoms. The van der Waals surface area contributed by atoms with E-state index < -0.39 is 11.7 Å². The van der Waals surface area contributed by atoms with Gasteiger partial charge in [-0.15, -0.1) is 0 Å². The second-order valence-electron chi connectivity index (χ2n) is 2.88. The lowest BCUT2D eigenvalue weighted by Crippen LogP contribution is -2.34. The number of nitrogens with one attached hydrogen (secondary N) is 1. The van der Waals surface area contributed by atoms with Gasteiger partial charge < -0.3 is 5.32 Å². The number of halogens is 2. The first kappa shape index (κ1) is 11.1. The van der Waals surface area contributed by atoms with Crippen LogP contribution < -0.4 is 5.32 Å². The molecule has 1 unspecified atom stereocenters. The Morgan fingerprint density at radius 1 is 1.79 bits per heavy atom. The van der Waals surface area contributed by atoms with Gasteiger partial charge >= 0.3 is 0 Å². The summed E-state index contributed by atoms with van der Waals surface area (Å²) < 4.78 is 13.1. The number of rotatable bonds is 3. The fraction of sp³-hybridized carbons (Fsp3) is 0.333. The van der Waals surface area contributed by atoms with Gasteiger partial charge in [-0.3, -0.25) is 9.78 Å². The van der Waals surface area contributed by atoms with Crippen LogP contribution in [0, 0.1) is 5.82 Å². The minimum atomic E-state index is -0.605. The highest BCUT2D eigenvalue weighted by Crippen LogP contribution is 2.04. The van der Waals surface area contributed by atoms with Gasteiger partial charge in [0.2, 0.25) is 0 Å². The molecule has 0 aliphatic carbocycles. The van der Waals surface area contributed by atoms with Crippen LogP contribution in [0.3, 0.4) is 0 Å². The van der Waals surface area contributed by atoms with E-state index in [-0.39, 0.29) is 11.6 Å². The quantitative estimate of drug-likeness (QED) is 0.842. The number of amides is 1. The van der Waals surface area contributed by atoms with E-state index in [0.29, 0.717) is 5.33 Å². The van der Waals surface area contributed by atoms with E-state index in [4.69, 9.17) is 0 Å². The van der Waals surface area contributed by atoms with Crippen molar-refractivity contribution < 1.29 is 9.18 Å². The van der Waals surface area contributed by atoms with Gasteiger partial charge in [-0.1, -0.05) is 15.9 Å². The molecule has 0 fully saturated rings. The Morgan fingerprint density at radius 2 is 2.50 bits per heavy atom. The van der Waals surface area contributed by atoms with Gasteiger partial charge in [0, 0.05) is 17.6 Å². The van der Waals surface area contributed by atoms with Gasteiger partial charge in [0.15, 0.2) is 5.82 Å². The van der Waals surface area contributed by atoms with Crippen LogP contribution in [-0.4, -0.2) is 22.3 Å². The predicted octanol–water partition coefficient (Wildman–Crippen LogP) is 1.73. The molecule has 1 rings (SSSR count). The summed E-state index contributed by atoms with van der Waals surface area (Å²) in [6.07, 6.45) is 2.41. The van der Waals surface area contributed by atoms with E-state index in [0.717, 1.165) is 6.20 Å². The summed E-state index contributed by atoms with van der Waals surface area (Å²) in [4.78, 5) is 15.0. The average Bonchev–Trinajstić information content (AvgIpc) is 2.18. The van der Waals surface area contributed by atoms with Crippen molar-refractivity contribution in [3.05, 3.63) is 29.8 Å². The van der Waals surface area contributed by atoms with Crippen LogP contribution in [-0.2, 0) is 0 Å². The summed E-state index contributed by atoms with van der Waals surface area (Å²) in [5.74, 6) is -1.02. The fourth-order valence-corrected chi connectivity index (χ4v) is 1.06. The Hall–Kier alpha value is -0.970. The molecule has 1 aromatic rings. The normalized spacial score (nSPS) is 12.2. The van der Waals surface area contributed by atoms with Crippen LogP contribution in [0.15, 0.2) is 18.5 Å². The molecule has 1 atom stereocenters. The zero-order valence-electron chi connectivity index (χ0n) is 7.63. The molecule has 0 saturated carbocycles. The van der Waals surface area contributed by atoms with Gasteiger partial charge in [0.25, 0.3) is 5.91 Å². The van der Waals surface area contributed by atoms with Gasteiger partial charge in [-0.05, 0) is 13.0 Å². The molecule has 14 heavy (non-hydrogen) atoms. The molecule has 1 amide bonds. The lowest BCUT2D eigenvalue weighted by Gasteiger charge is -2.10. The maximum absolute atomic E-state index is 13.1. The Morgan fingerprint density at radius 3 is 3.07 bits per heavy atom. The average molecular weight is 261 g/mol. The van der Waals surface area contributed by atoms with E-state index in [2.05, 4.69) is 26.2 Å². The molecular weight excluding hydrogens is 251 g/mol. The monoisotopic (exact) mass is 260 g/mol. The van der Waals surface area contributed by atoms with Crippen LogP contribution in [0.25, 0.3) is 0 Å². The first-order valence-corrected chi connectivity index (χ1v) is 5.23. The third kappa shape index (κ3) is 2.77. The number of hydrogen-bond donors (Lipinski definition) is 1. The van der Waals surface area contributed by atoms with Crippen LogP contribution in [0.5, 0.6) is 0 Å². The molecule has 0 saturated heterocycles. The number of pyridine rings is 1. The number of aromatic nitrogens is 1. The Balaban J connectivity index is 2.75. The lowest BCUT2D eigenvalue weighted by atomic mass is 10.2. The fourth-order valence-electron chi connectivity index (χ4n) is 0.899. The summed E-state index contributed by atoms with van der Waals surface area (Å²) in [6, 6.07) is 1.32. The Bertz CT molecular complexity index is 332. The van der Waals surface area contributed by atoms with E-state index in [1.807, 2.05) is 6.92 Å². The zero-order valence-corrected chi connectivity index (χ0v) is 9.21. The molecule has 76 valence electrons. The molecule has 5 heteroatoms. The highest BCUT2D eigenvalue weighted by Gasteiger charge is 2.12. The summed E-state index contributed by atoms with van der Waals surface area (Å²) >= 11 is 3.21. The van der Waals surface area contributed by atoms with Crippen LogP contribution in [0.1, 0.15) is 17.3 Å². The molecule has 1 heterocycles. The Kier molecular flexibility index (Phi) is 4.00. The zero-order chi connectivity index (χ0) is 10.6. The van der Waals surface area contributed by atoms with Gasteiger partial charge in [-0.25, -0.2) is 4.39 Å². The predicted molar refractivity (Wildman–Crippen MR) is 54.9 cm³/mol. The van der Waals surface area contributed by atoms with Crippen LogP contribution in [0.2, 0.25) is 0 Å². The van der Waals surface area contributed by atoms with Crippen molar-refractivity contribution in [3.63, 3.8) is 0 Å². The van der Waals surface area contributed by atoms with E-state index in [1.165, 1.54) is 12.3 Å². The largest absolute Gasteiger partial charge is 0.349 e. The maximum atomic E-state index is 13.1. The maximum Gasteiger partial charge on any atom is 0.254 e. The highest BCUT2D eigenvalue weighted by atomic mass is 79.9. The third-order valence-corrected chi connectivity index (χ3v) is 2.60. The second-order valence-corrected chi connectivity index (χ2v) is 3.53. The van der Waals surface area contributed by atoms with Crippen molar-refractivity contribution >= 4 is 21.8 Å². The van der Waals surface area contributed by atoms with Gasteiger partial charge in [0.1, 0.15) is 0 Å². The van der Waals surface area contributed by atoms with Gasteiger partial charge in [-0.2, -0.15) is 0 Å². The summed E-state index contributed by atoms with van der Waals surface area (Å²) in [5.41, 5.74) is 0.0211. The second kappa shape index (κ2) is 5.05. The van der Waals surface area contributed by atoms with Crippen molar-refractivity contribution in [1.82, 2.24) is 10.3 Å². The Labute approximate surface area is 89.9 Å². The van der Waals surface area contributed by atoms with Gasteiger partial charge in [0.05, 0.1) is 11.8 Å². The summed E-state index contributed by atoms with van der Waals surface area (Å²) in [5, 5.41) is 3.26. The minimum absolute atomic E-state index is 0.0211. The van der Waals surface area contributed by atoms with Crippen molar-refractivity contribution in [2.45, 2.75) is 13.0 Å².